The van der Waals surface area contributed by atoms with Gasteiger partial charge in [0.2, 0.25) is 0 Å². The predicted octanol–water partition coefficient (Wildman–Crippen LogP) is 17.2. The van der Waals surface area contributed by atoms with Crippen LogP contribution in [-0.4, -0.2) is 0 Å². The average Bonchev–Trinajstić information content (AvgIpc) is 3.93. The number of furan rings is 2. The van der Waals surface area contributed by atoms with Gasteiger partial charge < -0.3 is 18.6 Å². The number of hydrogen-bond acceptors (Lipinski definition) is 6. The van der Waals surface area contributed by atoms with Gasteiger partial charge in [-0.1, -0.05) is 75.2 Å². The van der Waals surface area contributed by atoms with Gasteiger partial charge in [-0.25, -0.2) is 5.84 Å². The van der Waals surface area contributed by atoms with Crippen molar-refractivity contribution in [1.29, 1.82) is 0 Å². The Morgan fingerprint density at radius 1 is 0.412 bits per heavy atom. The van der Waals surface area contributed by atoms with Gasteiger partial charge in [-0.05, 0) is 220 Å². The number of hydrazine groups is 1. The Balaban J connectivity index is 0.978. The molecule has 8 aromatic rings. The Labute approximate surface area is 402 Å². The number of aryl methyl sites for hydroxylation is 6. The standard InChI is InChI=1S/C62H66N4O2/c1-37-25-39(3)57(40(4)26-37)64(53-35-67-55-33-51-49(31-47(53)55)59(7)17-21-61(51,9)22-18-59)43-13-11-15-45(29-43)66(63)46-16-12-14-44(30-46)65(58-41(5)27-38(2)28-42(58)6)54-36-68-56-34-52-50(32-48(54)56)60(8)19-23-62(52,10)24-20-60/h11-16,25-36H,17-24,63H2,1-10H3. The van der Waals surface area contributed by atoms with Crippen LogP contribution < -0.4 is 20.7 Å². The van der Waals surface area contributed by atoms with Crippen LogP contribution in [0.5, 0.6) is 0 Å². The molecule has 2 aromatic heterocycles. The molecule has 0 radical (unpaired) electrons. The van der Waals surface area contributed by atoms with E-state index in [2.05, 4.69) is 176 Å². The maximum atomic E-state index is 7.34. The second kappa shape index (κ2) is 14.9. The lowest BCUT2D eigenvalue weighted by atomic mass is 9.52. The van der Waals surface area contributed by atoms with Crippen molar-refractivity contribution in [2.24, 2.45) is 5.84 Å². The summed E-state index contributed by atoms with van der Waals surface area (Å²) in [4.78, 5) is 4.81. The molecule has 6 nitrogen and oxygen atoms in total. The van der Waals surface area contributed by atoms with Crippen LogP contribution in [0.15, 0.2) is 118 Å². The van der Waals surface area contributed by atoms with Gasteiger partial charge in [-0.3, -0.25) is 5.01 Å². The summed E-state index contributed by atoms with van der Waals surface area (Å²) < 4.78 is 13.2. The first kappa shape index (κ1) is 43.1. The first-order chi connectivity index (χ1) is 32.5. The van der Waals surface area contributed by atoms with E-state index in [9.17, 15) is 0 Å². The van der Waals surface area contributed by atoms with E-state index in [0.717, 1.165) is 67.4 Å². The Morgan fingerprint density at radius 2 is 0.721 bits per heavy atom. The van der Waals surface area contributed by atoms with E-state index in [4.69, 9.17) is 14.7 Å². The fraction of sp³-hybridized carbons (Fsp3) is 0.355. The molecule has 0 atom stereocenters. The number of rotatable bonds is 8. The van der Waals surface area contributed by atoms with E-state index in [-0.39, 0.29) is 21.7 Å². The highest BCUT2D eigenvalue weighted by molar-refractivity contribution is 6.00. The number of benzene rings is 6. The van der Waals surface area contributed by atoms with Crippen molar-refractivity contribution in [2.75, 3.05) is 14.8 Å². The summed E-state index contributed by atoms with van der Waals surface area (Å²) in [6, 6.07) is 36.2. The molecule has 2 heterocycles. The molecule has 6 heteroatoms. The number of fused-ring (bicyclic) bond motifs is 6. The molecule has 2 N–H and O–H groups in total. The van der Waals surface area contributed by atoms with Crippen LogP contribution in [0.4, 0.5) is 45.5 Å². The molecule has 4 bridgehead atoms. The first-order valence-electron chi connectivity index (χ1n) is 25.1. The van der Waals surface area contributed by atoms with Gasteiger partial charge in [0.05, 0.1) is 34.1 Å². The topological polar surface area (TPSA) is 62.0 Å². The van der Waals surface area contributed by atoms with Gasteiger partial charge in [0.1, 0.15) is 23.7 Å². The lowest BCUT2D eigenvalue weighted by Crippen LogP contribution is -2.44. The molecule has 14 rings (SSSR count). The zero-order valence-corrected chi connectivity index (χ0v) is 41.8. The average molecular weight is 899 g/mol. The Hall–Kier alpha value is -6.24. The molecule has 2 fully saturated rings. The highest BCUT2D eigenvalue weighted by Crippen LogP contribution is 2.60. The van der Waals surface area contributed by atoms with Gasteiger partial charge in [0.25, 0.3) is 0 Å². The summed E-state index contributed by atoms with van der Waals surface area (Å²) in [5.74, 6) is 7.34. The number of nitrogens with zero attached hydrogens (tertiary/aromatic N) is 3. The summed E-state index contributed by atoms with van der Waals surface area (Å²) in [6.07, 6.45) is 13.8. The van der Waals surface area contributed by atoms with Crippen molar-refractivity contribution in [2.45, 2.75) is 142 Å². The third-order valence-electron chi connectivity index (χ3n) is 17.8. The highest BCUT2D eigenvalue weighted by Gasteiger charge is 2.49. The zero-order chi connectivity index (χ0) is 47.2. The van der Waals surface area contributed by atoms with Crippen LogP contribution in [0.1, 0.15) is 135 Å². The number of hydrogen-bond donors (Lipinski definition) is 1. The molecule has 346 valence electrons. The molecule has 68 heavy (non-hydrogen) atoms. The molecule has 2 saturated carbocycles. The summed E-state index contributed by atoms with van der Waals surface area (Å²) in [7, 11) is 0. The fourth-order valence-electron chi connectivity index (χ4n) is 13.8. The van der Waals surface area contributed by atoms with Crippen LogP contribution in [0.3, 0.4) is 0 Å². The summed E-state index contributed by atoms with van der Waals surface area (Å²) in [6.45, 7) is 23.1. The molecule has 6 aliphatic carbocycles. The van der Waals surface area contributed by atoms with Gasteiger partial charge in [0, 0.05) is 22.1 Å². The van der Waals surface area contributed by atoms with Crippen LogP contribution in [0.25, 0.3) is 21.9 Å². The van der Waals surface area contributed by atoms with Crippen molar-refractivity contribution in [3.05, 3.63) is 165 Å². The molecule has 0 amide bonds. The number of nitrogens with two attached hydrogens (primary N) is 1. The monoisotopic (exact) mass is 899 g/mol. The van der Waals surface area contributed by atoms with Gasteiger partial charge in [-0.2, -0.15) is 0 Å². The molecular formula is C62H66N4O2. The maximum absolute atomic E-state index is 7.34. The Bertz CT molecular complexity index is 3100. The largest absolute Gasteiger partial charge is 0.462 e. The molecule has 0 spiro atoms. The zero-order valence-electron chi connectivity index (χ0n) is 41.8. The van der Waals surface area contributed by atoms with E-state index >= 15 is 0 Å². The van der Waals surface area contributed by atoms with Gasteiger partial charge in [-0.15, -0.1) is 0 Å². The molecule has 0 aliphatic heterocycles. The smallest absolute Gasteiger partial charge is 0.136 e. The number of anilines is 8. The van der Waals surface area contributed by atoms with E-state index in [0.29, 0.717) is 0 Å². The summed E-state index contributed by atoms with van der Waals surface area (Å²) in [5, 5.41) is 4.12. The van der Waals surface area contributed by atoms with Gasteiger partial charge >= 0.3 is 0 Å². The molecule has 6 aliphatic rings. The normalized spacial score (nSPS) is 23.6. The first-order valence-corrected chi connectivity index (χ1v) is 25.1. The van der Waals surface area contributed by atoms with Crippen molar-refractivity contribution in [3.8, 4) is 0 Å². The Morgan fingerprint density at radius 3 is 1.06 bits per heavy atom. The van der Waals surface area contributed by atoms with E-state index in [1.807, 2.05) is 17.5 Å². The van der Waals surface area contributed by atoms with Crippen LogP contribution in [-0.2, 0) is 21.7 Å². The molecule has 0 saturated heterocycles. The molecular weight excluding hydrogens is 833 g/mol. The Kier molecular flexibility index (Phi) is 9.42. The van der Waals surface area contributed by atoms with E-state index < -0.39 is 0 Å². The third kappa shape index (κ3) is 6.39. The third-order valence-corrected chi connectivity index (χ3v) is 17.8. The minimum Gasteiger partial charge on any atom is -0.462 e. The fourth-order valence-corrected chi connectivity index (χ4v) is 13.8. The van der Waals surface area contributed by atoms with Crippen LogP contribution in [0, 0.1) is 41.5 Å². The van der Waals surface area contributed by atoms with E-state index in [1.165, 1.54) is 107 Å². The summed E-state index contributed by atoms with van der Waals surface area (Å²) >= 11 is 0. The second-order valence-corrected chi connectivity index (χ2v) is 22.8. The van der Waals surface area contributed by atoms with Crippen molar-refractivity contribution < 1.29 is 8.83 Å². The van der Waals surface area contributed by atoms with Crippen molar-refractivity contribution >= 4 is 67.4 Å². The van der Waals surface area contributed by atoms with Crippen molar-refractivity contribution in [1.82, 2.24) is 0 Å². The van der Waals surface area contributed by atoms with Crippen molar-refractivity contribution in [3.63, 3.8) is 0 Å². The summed E-state index contributed by atoms with van der Waals surface area (Å²) in [5.41, 5.74) is 24.1. The quantitative estimate of drug-likeness (QED) is 0.121. The minimum absolute atomic E-state index is 0.179. The second-order valence-electron chi connectivity index (χ2n) is 22.8. The minimum atomic E-state index is 0.179. The van der Waals surface area contributed by atoms with Crippen LogP contribution in [0.2, 0.25) is 0 Å². The molecule has 6 aromatic carbocycles. The lowest BCUT2D eigenvalue weighted by molar-refractivity contribution is 0.188. The molecule has 0 unspecified atom stereocenters. The maximum Gasteiger partial charge on any atom is 0.136 e. The van der Waals surface area contributed by atoms with Crippen LogP contribution >= 0.6 is 0 Å². The highest BCUT2D eigenvalue weighted by atomic mass is 16.3. The SMILES string of the molecule is Cc1cc(C)c(N(c2cccc(N(N)c3cccc(N(c4c(C)cc(C)cc4C)c4coc5cc6c(cc45)C4(C)CCC6(C)CC4)c3)c2)c2coc3cc4c(cc23)C2(C)CCC4(C)CC2)c(C)c1. The lowest BCUT2D eigenvalue weighted by Gasteiger charge is -2.52. The van der Waals surface area contributed by atoms with E-state index in [1.54, 1.807) is 0 Å². The van der Waals surface area contributed by atoms with Gasteiger partial charge in [0.15, 0.2) is 0 Å². The predicted molar refractivity (Wildman–Crippen MR) is 283 cm³/mol.